The summed E-state index contributed by atoms with van der Waals surface area (Å²) in [5.74, 6) is 1.05. The molecule has 0 aliphatic rings. The van der Waals surface area contributed by atoms with Crippen molar-refractivity contribution in [2.24, 2.45) is 0 Å². The molecule has 2 rings (SSSR count). The summed E-state index contributed by atoms with van der Waals surface area (Å²) in [6, 6.07) is 12.3. The third-order valence-electron chi connectivity index (χ3n) is 4.28. The molecular weight excluding hydrogens is 344 g/mol. The van der Waals surface area contributed by atoms with E-state index >= 15 is 0 Å². The molecule has 0 unspecified atom stereocenters. The number of anilines is 1. The summed E-state index contributed by atoms with van der Waals surface area (Å²) in [7, 11) is 3.13. The van der Waals surface area contributed by atoms with Gasteiger partial charge in [-0.1, -0.05) is 6.07 Å². The van der Waals surface area contributed by atoms with E-state index in [-0.39, 0.29) is 18.2 Å². The smallest absolute Gasteiger partial charge is 0.253 e. The SMILES string of the molecule is CCN(CC)C(=O)c1ccc(NC(=O)Cc2ccc(OC)c(OC)c2)cc1. The van der Waals surface area contributed by atoms with Crippen LogP contribution in [-0.2, 0) is 11.2 Å². The summed E-state index contributed by atoms with van der Waals surface area (Å²) in [4.78, 5) is 26.4. The average Bonchev–Trinajstić information content (AvgIpc) is 2.69. The highest BCUT2D eigenvalue weighted by atomic mass is 16.5. The zero-order valence-corrected chi connectivity index (χ0v) is 16.2. The van der Waals surface area contributed by atoms with Gasteiger partial charge in [-0.2, -0.15) is 0 Å². The van der Waals surface area contributed by atoms with Gasteiger partial charge in [0.15, 0.2) is 11.5 Å². The number of carbonyl (C=O) groups is 2. The van der Waals surface area contributed by atoms with Crippen LogP contribution in [0.4, 0.5) is 5.69 Å². The van der Waals surface area contributed by atoms with Crippen LogP contribution in [0.2, 0.25) is 0 Å². The Labute approximate surface area is 160 Å². The molecule has 0 saturated carbocycles. The highest BCUT2D eigenvalue weighted by Gasteiger charge is 2.13. The van der Waals surface area contributed by atoms with E-state index in [1.54, 1.807) is 55.5 Å². The Hall–Kier alpha value is -3.02. The molecule has 0 atom stereocenters. The number of nitrogens with one attached hydrogen (secondary N) is 1. The molecule has 0 bridgehead atoms. The minimum Gasteiger partial charge on any atom is -0.493 e. The molecule has 0 saturated heterocycles. The van der Waals surface area contributed by atoms with Gasteiger partial charge in [0.25, 0.3) is 5.91 Å². The summed E-state index contributed by atoms with van der Waals surface area (Å²) in [5.41, 5.74) is 2.08. The Balaban J connectivity index is 2.01. The lowest BCUT2D eigenvalue weighted by Gasteiger charge is -2.18. The van der Waals surface area contributed by atoms with Gasteiger partial charge in [-0.3, -0.25) is 9.59 Å². The van der Waals surface area contributed by atoms with Crippen LogP contribution in [0, 0.1) is 0 Å². The summed E-state index contributed by atoms with van der Waals surface area (Å²) >= 11 is 0. The number of rotatable bonds is 8. The van der Waals surface area contributed by atoms with Crippen molar-refractivity contribution in [3.63, 3.8) is 0 Å². The standard InChI is InChI=1S/C21H26N2O4/c1-5-23(6-2)21(25)16-8-10-17(11-9-16)22-20(24)14-15-7-12-18(26-3)19(13-15)27-4/h7-13H,5-6,14H2,1-4H3,(H,22,24). The lowest BCUT2D eigenvalue weighted by Crippen LogP contribution is -2.30. The lowest BCUT2D eigenvalue weighted by molar-refractivity contribution is -0.115. The molecule has 144 valence electrons. The monoisotopic (exact) mass is 370 g/mol. The van der Waals surface area contributed by atoms with Gasteiger partial charge >= 0.3 is 0 Å². The van der Waals surface area contributed by atoms with Crippen molar-refractivity contribution in [3.05, 3.63) is 53.6 Å². The lowest BCUT2D eigenvalue weighted by atomic mass is 10.1. The summed E-state index contributed by atoms with van der Waals surface area (Å²) in [6.45, 7) is 5.23. The van der Waals surface area contributed by atoms with Gasteiger partial charge in [-0.05, 0) is 55.8 Å². The van der Waals surface area contributed by atoms with Gasteiger partial charge in [0.05, 0.1) is 20.6 Å². The molecule has 1 N–H and O–H groups in total. The molecule has 27 heavy (non-hydrogen) atoms. The molecule has 0 spiro atoms. The molecule has 0 aliphatic heterocycles. The van der Waals surface area contributed by atoms with Crippen LogP contribution in [0.3, 0.4) is 0 Å². The summed E-state index contributed by atoms with van der Waals surface area (Å²) < 4.78 is 10.5. The Bertz CT molecular complexity index is 783. The molecule has 0 radical (unpaired) electrons. The molecule has 0 heterocycles. The highest BCUT2D eigenvalue weighted by Crippen LogP contribution is 2.27. The van der Waals surface area contributed by atoms with Gasteiger partial charge in [-0.15, -0.1) is 0 Å². The van der Waals surface area contributed by atoms with Crippen LogP contribution in [0.15, 0.2) is 42.5 Å². The van der Waals surface area contributed by atoms with Crippen LogP contribution < -0.4 is 14.8 Å². The molecular formula is C21H26N2O4. The van der Waals surface area contributed by atoms with Crippen LogP contribution in [0.25, 0.3) is 0 Å². The number of hydrogen-bond acceptors (Lipinski definition) is 4. The minimum atomic E-state index is -0.148. The van der Waals surface area contributed by atoms with Crippen molar-refractivity contribution < 1.29 is 19.1 Å². The normalized spacial score (nSPS) is 10.2. The largest absolute Gasteiger partial charge is 0.493 e. The first kappa shape index (κ1) is 20.3. The second kappa shape index (κ2) is 9.62. The molecule has 2 amide bonds. The van der Waals surface area contributed by atoms with Crippen molar-refractivity contribution in [3.8, 4) is 11.5 Å². The maximum atomic E-state index is 12.3. The van der Waals surface area contributed by atoms with Crippen LogP contribution >= 0.6 is 0 Å². The third-order valence-corrected chi connectivity index (χ3v) is 4.28. The number of hydrogen-bond donors (Lipinski definition) is 1. The zero-order chi connectivity index (χ0) is 19.8. The van der Waals surface area contributed by atoms with E-state index in [0.29, 0.717) is 35.8 Å². The quantitative estimate of drug-likeness (QED) is 0.774. The molecule has 6 heteroatoms. The molecule has 2 aromatic rings. The fourth-order valence-corrected chi connectivity index (χ4v) is 2.77. The van der Waals surface area contributed by atoms with Crippen molar-refractivity contribution in [1.82, 2.24) is 4.90 Å². The second-order valence-corrected chi connectivity index (χ2v) is 5.97. The first-order valence-corrected chi connectivity index (χ1v) is 8.92. The first-order valence-electron chi connectivity index (χ1n) is 8.92. The van der Waals surface area contributed by atoms with Gasteiger partial charge < -0.3 is 19.7 Å². The van der Waals surface area contributed by atoms with E-state index in [9.17, 15) is 9.59 Å². The van der Waals surface area contributed by atoms with E-state index < -0.39 is 0 Å². The molecule has 2 aromatic carbocycles. The summed E-state index contributed by atoms with van der Waals surface area (Å²) in [6.07, 6.45) is 0.209. The van der Waals surface area contributed by atoms with Crippen molar-refractivity contribution in [2.75, 3.05) is 32.6 Å². The van der Waals surface area contributed by atoms with Gasteiger partial charge in [-0.25, -0.2) is 0 Å². The van der Waals surface area contributed by atoms with Gasteiger partial charge in [0, 0.05) is 24.3 Å². The Morgan fingerprint density at radius 1 is 0.926 bits per heavy atom. The maximum absolute atomic E-state index is 12.3. The Morgan fingerprint density at radius 2 is 1.56 bits per heavy atom. The molecule has 6 nitrogen and oxygen atoms in total. The van der Waals surface area contributed by atoms with E-state index in [1.807, 2.05) is 19.9 Å². The zero-order valence-electron chi connectivity index (χ0n) is 16.2. The van der Waals surface area contributed by atoms with E-state index in [4.69, 9.17) is 9.47 Å². The maximum Gasteiger partial charge on any atom is 0.253 e. The number of benzene rings is 2. The Morgan fingerprint density at radius 3 is 2.11 bits per heavy atom. The molecule has 0 aromatic heterocycles. The van der Waals surface area contributed by atoms with E-state index in [2.05, 4.69) is 5.32 Å². The van der Waals surface area contributed by atoms with Crippen LogP contribution in [-0.4, -0.2) is 44.0 Å². The van der Waals surface area contributed by atoms with E-state index in [1.165, 1.54) is 0 Å². The van der Waals surface area contributed by atoms with Crippen LogP contribution in [0.5, 0.6) is 11.5 Å². The first-order chi connectivity index (χ1) is 13.0. The number of ether oxygens (including phenoxy) is 2. The second-order valence-electron chi connectivity index (χ2n) is 5.97. The van der Waals surface area contributed by atoms with Crippen molar-refractivity contribution >= 4 is 17.5 Å². The van der Waals surface area contributed by atoms with E-state index in [0.717, 1.165) is 5.56 Å². The third kappa shape index (κ3) is 5.23. The fraction of sp³-hybridized carbons (Fsp3) is 0.333. The predicted molar refractivity (Wildman–Crippen MR) is 106 cm³/mol. The minimum absolute atomic E-state index is 0.0109. The number of nitrogens with zero attached hydrogens (tertiary/aromatic N) is 1. The number of methoxy groups -OCH3 is 2. The predicted octanol–water partition coefficient (Wildman–Crippen LogP) is 3.37. The van der Waals surface area contributed by atoms with Gasteiger partial charge in [0.1, 0.15) is 0 Å². The number of carbonyl (C=O) groups excluding carboxylic acids is 2. The fourth-order valence-electron chi connectivity index (χ4n) is 2.77. The molecule has 0 fully saturated rings. The highest BCUT2D eigenvalue weighted by molar-refractivity contribution is 5.96. The Kier molecular flexibility index (Phi) is 7.23. The molecule has 0 aliphatic carbocycles. The average molecular weight is 370 g/mol. The number of amides is 2. The van der Waals surface area contributed by atoms with Crippen molar-refractivity contribution in [2.45, 2.75) is 20.3 Å². The van der Waals surface area contributed by atoms with Gasteiger partial charge in [0.2, 0.25) is 5.91 Å². The summed E-state index contributed by atoms with van der Waals surface area (Å²) in [5, 5.41) is 2.84. The topological polar surface area (TPSA) is 67.9 Å². The van der Waals surface area contributed by atoms with Crippen LogP contribution in [0.1, 0.15) is 29.8 Å². The van der Waals surface area contributed by atoms with Crippen molar-refractivity contribution in [1.29, 1.82) is 0 Å².